The summed E-state index contributed by atoms with van der Waals surface area (Å²) in [4.78, 5) is 4.56. The summed E-state index contributed by atoms with van der Waals surface area (Å²) in [6.45, 7) is 1.74. The van der Waals surface area contributed by atoms with Crippen LogP contribution in [0, 0.1) is 5.82 Å². The molecule has 1 aromatic carbocycles. The highest BCUT2D eigenvalue weighted by atomic mass is 19.1. The zero-order valence-corrected chi connectivity index (χ0v) is 7.58. The molecule has 3 nitrogen and oxygen atoms in total. The standard InChI is InChI=1S/C9H12FNO2/c1-6(13-11)7-3-4-9(12-2)8(10)5-7/h3-6H,11H2,1-2H3. The van der Waals surface area contributed by atoms with Crippen LogP contribution in [-0.2, 0) is 4.84 Å². The van der Waals surface area contributed by atoms with Gasteiger partial charge in [0.05, 0.1) is 7.11 Å². The van der Waals surface area contributed by atoms with Crippen molar-refractivity contribution < 1.29 is 14.0 Å². The number of nitrogens with two attached hydrogens (primary N) is 1. The molecule has 2 N–H and O–H groups in total. The van der Waals surface area contributed by atoms with Gasteiger partial charge >= 0.3 is 0 Å². The van der Waals surface area contributed by atoms with Crippen LogP contribution in [0.2, 0.25) is 0 Å². The van der Waals surface area contributed by atoms with E-state index < -0.39 is 5.82 Å². The van der Waals surface area contributed by atoms with E-state index in [2.05, 4.69) is 4.84 Å². The van der Waals surface area contributed by atoms with Gasteiger partial charge in [-0.05, 0) is 24.6 Å². The predicted molar refractivity (Wildman–Crippen MR) is 46.6 cm³/mol. The van der Waals surface area contributed by atoms with Crippen molar-refractivity contribution in [2.75, 3.05) is 7.11 Å². The van der Waals surface area contributed by atoms with Gasteiger partial charge in [-0.15, -0.1) is 0 Å². The molecule has 1 aromatic rings. The van der Waals surface area contributed by atoms with E-state index in [1.807, 2.05) is 0 Å². The van der Waals surface area contributed by atoms with Gasteiger partial charge in [0.1, 0.15) is 6.10 Å². The van der Waals surface area contributed by atoms with E-state index in [4.69, 9.17) is 10.6 Å². The molecule has 0 aliphatic rings. The molecule has 13 heavy (non-hydrogen) atoms. The lowest BCUT2D eigenvalue weighted by Crippen LogP contribution is -2.05. The molecule has 1 atom stereocenters. The van der Waals surface area contributed by atoms with Gasteiger partial charge in [0.15, 0.2) is 11.6 Å². The van der Waals surface area contributed by atoms with Gasteiger partial charge in [-0.25, -0.2) is 10.3 Å². The number of halogens is 1. The van der Waals surface area contributed by atoms with Crippen molar-refractivity contribution in [3.8, 4) is 5.75 Å². The highest BCUT2D eigenvalue weighted by Gasteiger charge is 2.08. The van der Waals surface area contributed by atoms with E-state index in [0.717, 1.165) is 0 Å². The summed E-state index contributed by atoms with van der Waals surface area (Å²) in [6, 6.07) is 4.59. The molecule has 0 aromatic heterocycles. The van der Waals surface area contributed by atoms with Crippen LogP contribution in [0.25, 0.3) is 0 Å². The SMILES string of the molecule is COc1ccc(C(C)ON)cc1F. The van der Waals surface area contributed by atoms with Gasteiger partial charge in [0.25, 0.3) is 0 Å². The second kappa shape index (κ2) is 4.20. The Morgan fingerprint density at radius 1 is 1.46 bits per heavy atom. The molecule has 0 fully saturated rings. The van der Waals surface area contributed by atoms with Gasteiger partial charge in [-0.3, -0.25) is 4.84 Å². The number of rotatable bonds is 3. The Kier molecular flexibility index (Phi) is 3.22. The van der Waals surface area contributed by atoms with Gasteiger partial charge < -0.3 is 4.74 Å². The highest BCUT2D eigenvalue weighted by Crippen LogP contribution is 2.22. The van der Waals surface area contributed by atoms with E-state index in [9.17, 15) is 4.39 Å². The Bertz CT molecular complexity index is 291. The quantitative estimate of drug-likeness (QED) is 0.730. The van der Waals surface area contributed by atoms with E-state index in [1.54, 1.807) is 19.1 Å². The minimum Gasteiger partial charge on any atom is -0.494 e. The maximum absolute atomic E-state index is 13.1. The van der Waals surface area contributed by atoms with Crippen LogP contribution in [0.1, 0.15) is 18.6 Å². The molecule has 0 bridgehead atoms. The summed E-state index contributed by atoms with van der Waals surface area (Å²) in [6.07, 6.45) is -0.319. The van der Waals surface area contributed by atoms with Crippen LogP contribution in [0.3, 0.4) is 0 Å². The molecule has 0 amide bonds. The molecular weight excluding hydrogens is 173 g/mol. The average molecular weight is 185 g/mol. The van der Waals surface area contributed by atoms with Crippen molar-refractivity contribution in [3.63, 3.8) is 0 Å². The molecule has 72 valence electrons. The van der Waals surface area contributed by atoms with Gasteiger partial charge in [-0.2, -0.15) is 0 Å². The number of methoxy groups -OCH3 is 1. The molecule has 1 unspecified atom stereocenters. The Morgan fingerprint density at radius 2 is 2.15 bits per heavy atom. The van der Waals surface area contributed by atoms with Crippen LogP contribution in [-0.4, -0.2) is 7.11 Å². The minimum atomic E-state index is -0.413. The first-order valence-electron chi connectivity index (χ1n) is 3.88. The lowest BCUT2D eigenvalue weighted by molar-refractivity contribution is 0.0661. The molecule has 1 rings (SSSR count). The van der Waals surface area contributed by atoms with Crippen molar-refractivity contribution in [1.29, 1.82) is 0 Å². The number of hydrogen-bond acceptors (Lipinski definition) is 3. The summed E-state index contributed by atoms with van der Waals surface area (Å²) >= 11 is 0. The predicted octanol–water partition coefficient (Wildman–Crippen LogP) is 1.79. The lowest BCUT2D eigenvalue weighted by atomic mass is 10.1. The third-order valence-corrected chi connectivity index (χ3v) is 1.85. The van der Waals surface area contributed by atoms with E-state index in [-0.39, 0.29) is 11.9 Å². The minimum absolute atomic E-state index is 0.216. The molecule has 4 heteroatoms. The van der Waals surface area contributed by atoms with Crippen molar-refractivity contribution in [2.45, 2.75) is 13.0 Å². The largest absolute Gasteiger partial charge is 0.494 e. The van der Waals surface area contributed by atoms with Crippen LogP contribution in [0.15, 0.2) is 18.2 Å². The van der Waals surface area contributed by atoms with Crippen LogP contribution in [0.4, 0.5) is 4.39 Å². The third-order valence-electron chi connectivity index (χ3n) is 1.85. The molecule has 0 aliphatic carbocycles. The fourth-order valence-electron chi connectivity index (χ4n) is 1.01. The molecule has 0 spiro atoms. The topological polar surface area (TPSA) is 44.5 Å². The summed E-state index contributed by atoms with van der Waals surface area (Å²) in [5.74, 6) is 4.77. The molecule has 0 saturated carbocycles. The molecular formula is C9H12FNO2. The first-order valence-corrected chi connectivity index (χ1v) is 3.88. The third kappa shape index (κ3) is 2.17. The van der Waals surface area contributed by atoms with Crippen molar-refractivity contribution in [2.24, 2.45) is 5.90 Å². The normalized spacial score (nSPS) is 12.6. The van der Waals surface area contributed by atoms with Crippen LogP contribution in [0.5, 0.6) is 5.75 Å². The summed E-state index contributed by atoms with van der Waals surface area (Å²) < 4.78 is 17.9. The van der Waals surface area contributed by atoms with E-state index >= 15 is 0 Å². The molecule has 0 heterocycles. The lowest BCUT2D eigenvalue weighted by Gasteiger charge is -2.09. The highest BCUT2D eigenvalue weighted by molar-refractivity contribution is 5.30. The van der Waals surface area contributed by atoms with Gasteiger partial charge in [-0.1, -0.05) is 6.07 Å². The maximum atomic E-state index is 13.1. The fourth-order valence-corrected chi connectivity index (χ4v) is 1.01. The number of benzene rings is 1. The van der Waals surface area contributed by atoms with Crippen LogP contribution < -0.4 is 10.6 Å². The van der Waals surface area contributed by atoms with Gasteiger partial charge in [0, 0.05) is 0 Å². The monoisotopic (exact) mass is 185 g/mol. The average Bonchev–Trinajstić information content (AvgIpc) is 2.16. The van der Waals surface area contributed by atoms with Gasteiger partial charge in [0.2, 0.25) is 0 Å². The Morgan fingerprint density at radius 3 is 2.62 bits per heavy atom. The number of hydrogen-bond donors (Lipinski definition) is 1. The second-order valence-corrected chi connectivity index (χ2v) is 2.67. The Hall–Kier alpha value is -1.13. The molecule has 0 radical (unpaired) electrons. The van der Waals surface area contributed by atoms with E-state index in [0.29, 0.717) is 5.56 Å². The molecule has 0 saturated heterocycles. The van der Waals surface area contributed by atoms with Crippen molar-refractivity contribution >= 4 is 0 Å². The maximum Gasteiger partial charge on any atom is 0.165 e. The summed E-state index contributed by atoms with van der Waals surface area (Å²) in [5.41, 5.74) is 0.681. The zero-order chi connectivity index (χ0) is 9.84. The smallest absolute Gasteiger partial charge is 0.165 e. The zero-order valence-electron chi connectivity index (χ0n) is 7.58. The summed E-state index contributed by atoms with van der Waals surface area (Å²) in [5, 5.41) is 0. The Balaban J connectivity index is 2.95. The second-order valence-electron chi connectivity index (χ2n) is 2.67. The van der Waals surface area contributed by atoms with E-state index in [1.165, 1.54) is 13.2 Å². The van der Waals surface area contributed by atoms with Crippen molar-refractivity contribution in [1.82, 2.24) is 0 Å². The van der Waals surface area contributed by atoms with Crippen molar-refractivity contribution in [3.05, 3.63) is 29.6 Å². The first-order chi connectivity index (χ1) is 6.19. The fraction of sp³-hybridized carbons (Fsp3) is 0.333. The Labute approximate surface area is 76.2 Å². The van der Waals surface area contributed by atoms with Crippen LogP contribution >= 0.6 is 0 Å². The molecule has 0 aliphatic heterocycles. The number of ether oxygens (including phenoxy) is 1. The summed E-state index contributed by atoms with van der Waals surface area (Å²) in [7, 11) is 1.42. The first kappa shape index (κ1) is 9.95.